The maximum absolute atomic E-state index is 12.2. The zero-order valence-corrected chi connectivity index (χ0v) is 13.7. The van der Waals surface area contributed by atoms with Crippen LogP contribution in [-0.4, -0.2) is 16.3 Å². The molecular formula is C16H16Cl2N2O2. The van der Waals surface area contributed by atoms with E-state index in [1.165, 1.54) is 0 Å². The number of hydrogen-bond donors (Lipinski definition) is 2. The smallest absolute Gasteiger partial charge is 0.306 e. The molecule has 0 spiro atoms. The molecule has 0 radical (unpaired) electrons. The number of carbonyl (C=O) groups is 1. The molecule has 2 amide bonds. The van der Waals surface area contributed by atoms with Crippen LogP contribution in [0.3, 0.4) is 0 Å². The van der Waals surface area contributed by atoms with Crippen molar-refractivity contribution in [3.8, 4) is 0 Å². The monoisotopic (exact) mass is 338 g/mol. The minimum atomic E-state index is -1.01. The molecule has 22 heavy (non-hydrogen) atoms. The van der Waals surface area contributed by atoms with Crippen LogP contribution >= 0.6 is 23.2 Å². The SMILES string of the molecule is CC(C)(c1cc(Cl)cc(Cl)c1)N(O)C(=O)Nc1ccccc1. The summed E-state index contributed by atoms with van der Waals surface area (Å²) in [6.07, 6.45) is 0. The van der Waals surface area contributed by atoms with E-state index in [2.05, 4.69) is 5.32 Å². The van der Waals surface area contributed by atoms with Crippen molar-refractivity contribution in [2.45, 2.75) is 19.4 Å². The zero-order chi connectivity index (χ0) is 16.3. The number of carbonyl (C=O) groups excluding carboxylic acids is 1. The van der Waals surface area contributed by atoms with E-state index in [1.807, 2.05) is 6.07 Å². The molecule has 0 aliphatic carbocycles. The number of amides is 2. The van der Waals surface area contributed by atoms with Crippen LogP contribution in [0.4, 0.5) is 10.5 Å². The Bertz CT molecular complexity index is 655. The molecule has 2 rings (SSSR count). The van der Waals surface area contributed by atoms with Gasteiger partial charge in [0.1, 0.15) is 0 Å². The van der Waals surface area contributed by atoms with Crippen LogP contribution in [0.2, 0.25) is 10.0 Å². The predicted octanol–water partition coefficient (Wildman–Crippen LogP) is 5.15. The highest BCUT2D eigenvalue weighted by Gasteiger charge is 2.32. The number of hydrogen-bond acceptors (Lipinski definition) is 2. The van der Waals surface area contributed by atoms with Crippen molar-refractivity contribution < 1.29 is 10.0 Å². The maximum atomic E-state index is 12.2. The van der Waals surface area contributed by atoms with Gasteiger partial charge in [-0.25, -0.2) is 4.79 Å². The first kappa shape index (κ1) is 16.6. The molecule has 0 aromatic heterocycles. The summed E-state index contributed by atoms with van der Waals surface area (Å²) >= 11 is 12.0. The number of hydroxylamine groups is 2. The van der Waals surface area contributed by atoms with E-state index in [9.17, 15) is 10.0 Å². The van der Waals surface area contributed by atoms with Crippen LogP contribution in [-0.2, 0) is 5.54 Å². The lowest BCUT2D eigenvalue weighted by molar-refractivity contribution is -0.112. The van der Waals surface area contributed by atoms with Crippen molar-refractivity contribution in [1.82, 2.24) is 5.06 Å². The van der Waals surface area contributed by atoms with Gasteiger partial charge in [0, 0.05) is 15.7 Å². The average molecular weight is 339 g/mol. The van der Waals surface area contributed by atoms with Gasteiger partial charge in [-0.15, -0.1) is 0 Å². The molecular weight excluding hydrogens is 323 g/mol. The number of para-hydroxylation sites is 1. The molecule has 0 heterocycles. The summed E-state index contributed by atoms with van der Waals surface area (Å²) in [6.45, 7) is 3.39. The van der Waals surface area contributed by atoms with E-state index in [1.54, 1.807) is 56.3 Å². The van der Waals surface area contributed by atoms with Crippen LogP contribution in [0.5, 0.6) is 0 Å². The molecule has 0 saturated heterocycles. The third-order valence-corrected chi connectivity index (χ3v) is 3.75. The number of nitrogens with one attached hydrogen (secondary N) is 1. The third kappa shape index (κ3) is 3.71. The van der Waals surface area contributed by atoms with Gasteiger partial charge in [0.15, 0.2) is 0 Å². The molecule has 4 nitrogen and oxygen atoms in total. The van der Waals surface area contributed by atoms with Crippen LogP contribution in [0.25, 0.3) is 0 Å². The zero-order valence-electron chi connectivity index (χ0n) is 12.2. The van der Waals surface area contributed by atoms with Gasteiger partial charge in [-0.3, -0.25) is 5.21 Å². The van der Waals surface area contributed by atoms with Crippen molar-refractivity contribution >= 4 is 34.9 Å². The van der Waals surface area contributed by atoms with Crippen molar-refractivity contribution in [2.24, 2.45) is 0 Å². The summed E-state index contributed by atoms with van der Waals surface area (Å²) in [5.74, 6) is 0. The standard InChI is InChI=1S/C16H16Cl2N2O2/c1-16(2,11-8-12(17)10-13(18)9-11)20(22)15(21)19-14-6-4-3-5-7-14/h3-10,22H,1-2H3,(H,19,21). The minimum absolute atomic E-state index is 0.437. The van der Waals surface area contributed by atoms with Crippen molar-refractivity contribution in [3.63, 3.8) is 0 Å². The summed E-state index contributed by atoms with van der Waals surface area (Å²) < 4.78 is 0. The normalized spacial score (nSPS) is 11.1. The fourth-order valence-electron chi connectivity index (χ4n) is 1.98. The van der Waals surface area contributed by atoms with Gasteiger partial charge in [0.25, 0.3) is 0 Å². The largest absolute Gasteiger partial charge is 0.346 e. The molecule has 0 atom stereocenters. The molecule has 0 bridgehead atoms. The highest BCUT2D eigenvalue weighted by molar-refractivity contribution is 6.34. The average Bonchev–Trinajstić information content (AvgIpc) is 2.46. The Balaban J connectivity index is 2.22. The summed E-state index contributed by atoms with van der Waals surface area (Å²) in [5.41, 5.74) is 0.204. The van der Waals surface area contributed by atoms with Crippen molar-refractivity contribution in [3.05, 3.63) is 64.1 Å². The molecule has 0 fully saturated rings. The summed E-state index contributed by atoms with van der Waals surface area (Å²) in [5, 5.41) is 14.4. The Morgan fingerprint density at radius 1 is 1.09 bits per heavy atom. The van der Waals surface area contributed by atoms with Crippen LogP contribution in [0.1, 0.15) is 19.4 Å². The first-order valence-electron chi connectivity index (χ1n) is 6.62. The predicted molar refractivity (Wildman–Crippen MR) is 88.6 cm³/mol. The fourth-order valence-corrected chi connectivity index (χ4v) is 2.51. The Morgan fingerprint density at radius 2 is 1.64 bits per heavy atom. The van der Waals surface area contributed by atoms with E-state index in [-0.39, 0.29) is 0 Å². The first-order valence-corrected chi connectivity index (χ1v) is 7.38. The van der Waals surface area contributed by atoms with E-state index in [0.29, 0.717) is 26.4 Å². The highest BCUT2D eigenvalue weighted by Crippen LogP contribution is 2.31. The number of anilines is 1. The van der Waals surface area contributed by atoms with Crippen molar-refractivity contribution in [1.29, 1.82) is 0 Å². The fraction of sp³-hybridized carbons (Fsp3) is 0.188. The number of halogens is 2. The second-order valence-corrected chi connectivity index (χ2v) is 6.20. The molecule has 2 aromatic rings. The third-order valence-electron chi connectivity index (χ3n) is 3.32. The van der Waals surface area contributed by atoms with Gasteiger partial charge < -0.3 is 5.32 Å². The second kappa shape index (κ2) is 6.57. The summed E-state index contributed by atoms with van der Waals surface area (Å²) in [7, 11) is 0. The molecule has 0 saturated carbocycles. The van der Waals surface area contributed by atoms with E-state index >= 15 is 0 Å². The quantitative estimate of drug-likeness (QED) is 0.600. The highest BCUT2D eigenvalue weighted by atomic mass is 35.5. The molecule has 2 N–H and O–H groups in total. The molecule has 2 aromatic carbocycles. The topological polar surface area (TPSA) is 52.6 Å². The van der Waals surface area contributed by atoms with Gasteiger partial charge in [-0.05, 0) is 49.7 Å². The second-order valence-electron chi connectivity index (χ2n) is 5.33. The van der Waals surface area contributed by atoms with E-state index in [0.717, 1.165) is 0 Å². The molecule has 6 heteroatoms. The lowest BCUT2D eigenvalue weighted by atomic mass is 9.94. The Morgan fingerprint density at radius 3 is 2.18 bits per heavy atom. The Hall–Kier alpha value is -1.75. The van der Waals surface area contributed by atoms with Crippen LogP contribution < -0.4 is 5.32 Å². The lowest BCUT2D eigenvalue weighted by Gasteiger charge is -2.33. The minimum Gasteiger partial charge on any atom is -0.306 e. The number of urea groups is 1. The van der Waals surface area contributed by atoms with Crippen molar-refractivity contribution in [2.75, 3.05) is 5.32 Å². The van der Waals surface area contributed by atoms with Gasteiger partial charge in [0.05, 0.1) is 5.54 Å². The maximum Gasteiger partial charge on any atom is 0.346 e. The Kier molecular flexibility index (Phi) is 4.96. The molecule has 0 aliphatic heterocycles. The molecule has 0 unspecified atom stereocenters. The lowest BCUT2D eigenvalue weighted by Crippen LogP contribution is -2.45. The first-order chi connectivity index (χ1) is 10.3. The van der Waals surface area contributed by atoms with E-state index < -0.39 is 11.6 Å². The van der Waals surface area contributed by atoms with Crippen LogP contribution in [0.15, 0.2) is 48.5 Å². The number of benzene rings is 2. The van der Waals surface area contributed by atoms with E-state index in [4.69, 9.17) is 23.2 Å². The summed E-state index contributed by atoms with van der Waals surface area (Å²) in [6, 6.07) is 13.1. The van der Waals surface area contributed by atoms with Gasteiger partial charge in [-0.2, -0.15) is 5.06 Å². The summed E-state index contributed by atoms with van der Waals surface area (Å²) in [4.78, 5) is 12.2. The number of nitrogens with zero attached hydrogens (tertiary/aromatic N) is 1. The van der Waals surface area contributed by atoms with Gasteiger partial charge in [0.2, 0.25) is 0 Å². The number of rotatable bonds is 3. The van der Waals surface area contributed by atoms with Gasteiger partial charge >= 0.3 is 6.03 Å². The molecule has 0 aliphatic rings. The van der Waals surface area contributed by atoms with Gasteiger partial charge in [-0.1, -0.05) is 41.4 Å². The Labute approximate surface area is 139 Å². The van der Waals surface area contributed by atoms with Crippen LogP contribution in [0, 0.1) is 0 Å². The molecule has 116 valence electrons.